The molecular formula is C13H16FN3O2. The second-order valence-corrected chi connectivity index (χ2v) is 4.24. The Morgan fingerprint density at radius 3 is 3.05 bits per heavy atom. The van der Waals surface area contributed by atoms with E-state index in [1.165, 1.54) is 12.1 Å². The second-order valence-electron chi connectivity index (χ2n) is 4.24. The van der Waals surface area contributed by atoms with Crippen LogP contribution in [-0.2, 0) is 13.0 Å². The summed E-state index contributed by atoms with van der Waals surface area (Å²) < 4.78 is 23.4. The van der Waals surface area contributed by atoms with Crippen LogP contribution in [0.2, 0.25) is 0 Å². The third-order valence-electron chi connectivity index (χ3n) is 2.65. The minimum Gasteiger partial charge on any atom is -0.484 e. The van der Waals surface area contributed by atoms with Gasteiger partial charge >= 0.3 is 0 Å². The zero-order valence-corrected chi connectivity index (χ0v) is 10.9. The summed E-state index contributed by atoms with van der Waals surface area (Å²) in [4.78, 5) is 4.20. The van der Waals surface area contributed by atoms with Gasteiger partial charge in [0.2, 0.25) is 0 Å². The molecule has 0 spiro atoms. The number of rotatable bonds is 6. The summed E-state index contributed by atoms with van der Waals surface area (Å²) in [5.74, 6) is 1.09. The first kappa shape index (κ1) is 13.5. The Balaban J connectivity index is 1.90. The van der Waals surface area contributed by atoms with Gasteiger partial charge in [-0.1, -0.05) is 11.2 Å². The Labute approximate surface area is 110 Å². The fourth-order valence-electron chi connectivity index (χ4n) is 1.51. The van der Waals surface area contributed by atoms with Crippen LogP contribution in [0.4, 0.5) is 4.39 Å². The average Bonchev–Trinajstić information content (AvgIpc) is 2.84. The predicted octanol–water partition coefficient (Wildman–Crippen LogP) is 1.94. The minimum atomic E-state index is -0.341. The van der Waals surface area contributed by atoms with Crippen LogP contribution < -0.4 is 10.1 Å². The highest BCUT2D eigenvalue weighted by atomic mass is 19.1. The van der Waals surface area contributed by atoms with Crippen molar-refractivity contribution in [2.24, 2.45) is 0 Å². The van der Waals surface area contributed by atoms with Crippen LogP contribution >= 0.6 is 0 Å². The Hall–Kier alpha value is -1.95. The summed E-state index contributed by atoms with van der Waals surface area (Å²) in [6, 6.07) is 6.19. The number of benzene rings is 1. The number of hydrogen-bond donors (Lipinski definition) is 1. The number of hydrogen-bond acceptors (Lipinski definition) is 5. The van der Waals surface area contributed by atoms with Crippen LogP contribution in [-0.4, -0.2) is 23.2 Å². The molecule has 0 aliphatic rings. The molecule has 102 valence electrons. The Bertz CT molecular complexity index is 530. The lowest BCUT2D eigenvalue weighted by atomic mass is 10.2. The zero-order chi connectivity index (χ0) is 13.7. The highest BCUT2D eigenvalue weighted by Gasteiger charge is 2.10. The van der Waals surface area contributed by atoms with E-state index in [4.69, 9.17) is 9.26 Å². The van der Waals surface area contributed by atoms with Gasteiger partial charge in [0, 0.05) is 18.5 Å². The fraction of sp³-hybridized carbons (Fsp3) is 0.385. The maximum Gasteiger partial charge on any atom is 0.264 e. The van der Waals surface area contributed by atoms with Crippen molar-refractivity contribution in [3.63, 3.8) is 0 Å². The van der Waals surface area contributed by atoms with Gasteiger partial charge in [-0.25, -0.2) is 4.39 Å². The average molecular weight is 265 g/mol. The highest BCUT2D eigenvalue weighted by molar-refractivity contribution is 5.22. The van der Waals surface area contributed by atoms with E-state index >= 15 is 0 Å². The summed E-state index contributed by atoms with van der Waals surface area (Å²) in [5, 5.41) is 6.95. The van der Waals surface area contributed by atoms with Crippen molar-refractivity contribution in [1.82, 2.24) is 15.5 Å². The van der Waals surface area contributed by atoms with Gasteiger partial charge in [0.25, 0.3) is 5.89 Å². The molecule has 1 heterocycles. The van der Waals surface area contributed by atoms with E-state index in [9.17, 15) is 4.39 Å². The highest BCUT2D eigenvalue weighted by Crippen LogP contribution is 2.13. The van der Waals surface area contributed by atoms with Gasteiger partial charge in [0.05, 0.1) is 0 Å². The topological polar surface area (TPSA) is 60.2 Å². The molecule has 0 saturated heterocycles. The monoisotopic (exact) mass is 265 g/mol. The third-order valence-corrected chi connectivity index (χ3v) is 2.65. The van der Waals surface area contributed by atoms with Gasteiger partial charge in [0.15, 0.2) is 12.4 Å². The smallest absolute Gasteiger partial charge is 0.264 e. The van der Waals surface area contributed by atoms with Crippen molar-refractivity contribution >= 4 is 0 Å². The molecule has 1 N–H and O–H groups in total. The number of nitrogens with one attached hydrogen (secondary N) is 1. The largest absolute Gasteiger partial charge is 0.484 e. The lowest BCUT2D eigenvalue weighted by Crippen LogP contribution is -2.24. The van der Waals surface area contributed by atoms with Crippen LogP contribution in [0.3, 0.4) is 0 Å². The molecule has 1 atom stereocenters. The molecule has 0 radical (unpaired) electrons. The maximum absolute atomic E-state index is 12.9. The van der Waals surface area contributed by atoms with Crippen LogP contribution in [0.1, 0.15) is 18.6 Å². The van der Waals surface area contributed by atoms with Crippen LogP contribution in [0.5, 0.6) is 5.75 Å². The van der Waals surface area contributed by atoms with Gasteiger partial charge in [-0.2, -0.15) is 4.98 Å². The van der Waals surface area contributed by atoms with E-state index in [0.29, 0.717) is 23.9 Å². The summed E-state index contributed by atoms with van der Waals surface area (Å²) in [6.07, 6.45) is 0.681. The maximum atomic E-state index is 12.9. The Morgan fingerprint density at radius 1 is 1.47 bits per heavy atom. The number of nitrogens with zero attached hydrogens (tertiary/aromatic N) is 2. The van der Waals surface area contributed by atoms with Crippen LogP contribution in [0, 0.1) is 5.82 Å². The van der Waals surface area contributed by atoms with Gasteiger partial charge < -0.3 is 14.6 Å². The molecule has 0 bridgehead atoms. The normalized spacial score (nSPS) is 12.4. The number of aromatic nitrogens is 2. The van der Waals surface area contributed by atoms with Crippen LogP contribution in [0.15, 0.2) is 28.8 Å². The minimum absolute atomic E-state index is 0.129. The van der Waals surface area contributed by atoms with E-state index in [-0.39, 0.29) is 18.5 Å². The molecule has 0 aliphatic heterocycles. The van der Waals surface area contributed by atoms with Crippen molar-refractivity contribution in [3.05, 3.63) is 41.8 Å². The van der Waals surface area contributed by atoms with Gasteiger partial charge in [-0.05, 0) is 26.1 Å². The first-order valence-corrected chi connectivity index (χ1v) is 6.04. The number of halogens is 1. The van der Waals surface area contributed by atoms with Gasteiger partial charge in [0.1, 0.15) is 11.6 Å². The molecule has 0 aliphatic carbocycles. The molecular weight excluding hydrogens is 249 g/mol. The summed E-state index contributed by atoms with van der Waals surface area (Å²) >= 11 is 0. The van der Waals surface area contributed by atoms with E-state index < -0.39 is 0 Å². The quantitative estimate of drug-likeness (QED) is 0.865. The van der Waals surface area contributed by atoms with Crippen LogP contribution in [0.25, 0.3) is 0 Å². The molecule has 1 unspecified atom stereocenters. The zero-order valence-electron chi connectivity index (χ0n) is 10.9. The summed E-state index contributed by atoms with van der Waals surface area (Å²) in [6.45, 7) is 2.16. The van der Waals surface area contributed by atoms with Crippen molar-refractivity contribution < 1.29 is 13.7 Å². The van der Waals surface area contributed by atoms with E-state index in [1.54, 1.807) is 12.1 Å². The van der Waals surface area contributed by atoms with Gasteiger partial charge in [-0.3, -0.25) is 0 Å². The Morgan fingerprint density at radius 2 is 2.32 bits per heavy atom. The molecule has 0 amide bonds. The fourth-order valence-corrected chi connectivity index (χ4v) is 1.51. The third kappa shape index (κ3) is 4.03. The molecule has 5 nitrogen and oxygen atoms in total. The molecule has 0 fully saturated rings. The summed E-state index contributed by atoms with van der Waals surface area (Å²) in [5.41, 5.74) is 0. The first-order valence-electron chi connectivity index (χ1n) is 6.04. The van der Waals surface area contributed by atoms with Crippen molar-refractivity contribution in [2.45, 2.75) is 26.0 Å². The molecule has 2 aromatic rings. The molecule has 19 heavy (non-hydrogen) atoms. The molecule has 0 saturated carbocycles. The van der Waals surface area contributed by atoms with Crippen molar-refractivity contribution in [1.29, 1.82) is 0 Å². The van der Waals surface area contributed by atoms with Crippen molar-refractivity contribution in [2.75, 3.05) is 7.05 Å². The number of likely N-dealkylation sites (N-methyl/N-ethyl adjacent to an activating group) is 1. The van der Waals surface area contributed by atoms with Gasteiger partial charge in [-0.15, -0.1) is 0 Å². The van der Waals surface area contributed by atoms with Crippen molar-refractivity contribution in [3.8, 4) is 5.75 Å². The standard InChI is InChI=1S/C13H16FN3O2/c1-9(15-2)6-12-16-13(19-17-12)8-18-11-5-3-4-10(14)7-11/h3-5,7,9,15H,6,8H2,1-2H3. The second kappa shape index (κ2) is 6.29. The van der Waals surface area contributed by atoms with E-state index in [2.05, 4.69) is 15.5 Å². The van der Waals surface area contributed by atoms with E-state index in [0.717, 1.165) is 0 Å². The molecule has 1 aromatic heterocycles. The molecule has 2 rings (SSSR count). The SMILES string of the molecule is CNC(C)Cc1noc(COc2cccc(F)c2)n1. The number of ether oxygens (including phenoxy) is 1. The summed E-state index contributed by atoms with van der Waals surface area (Å²) in [7, 11) is 1.87. The molecule has 1 aromatic carbocycles. The lowest BCUT2D eigenvalue weighted by molar-refractivity contribution is 0.241. The lowest BCUT2D eigenvalue weighted by Gasteiger charge is -2.04. The first-order chi connectivity index (χ1) is 9.17. The van der Waals surface area contributed by atoms with E-state index in [1.807, 2.05) is 14.0 Å². The molecule has 6 heteroatoms. The predicted molar refractivity (Wildman–Crippen MR) is 67.3 cm³/mol. The Kier molecular flexibility index (Phi) is 4.46.